The summed E-state index contributed by atoms with van der Waals surface area (Å²) >= 11 is 54.7. The number of hydrogen-bond donors (Lipinski definition) is 3. The van der Waals surface area contributed by atoms with Crippen molar-refractivity contribution < 1.29 is 211 Å². The minimum atomic E-state index is -0.397. The van der Waals surface area contributed by atoms with Gasteiger partial charge < -0.3 is 54.8 Å². The Bertz CT molecular complexity index is 4870. The van der Waals surface area contributed by atoms with Gasteiger partial charge in [-0.1, -0.05) is 206 Å². The number of aryl methyl sites for hydroxylation is 4. The first kappa shape index (κ1) is 113. The summed E-state index contributed by atoms with van der Waals surface area (Å²) < 4.78 is 49.5. The molecule has 5 aliphatic carbocycles. The minimum Gasteiger partial charge on any atom is -0.596 e. The van der Waals surface area contributed by atoms with E-state index in [1.807, 2.05) is 72.4 Å². The van der Waals surface area contributed by atoms with E-state index in [2.05, 4.69) is 88.5 Å². The first-order valence-corrected chi connectivity index (χ1v) is 47.5. The number of hydrogen-bond acceptors (Lipinski definition) is 13. The fraction of sp³-hybridized carbons (Fsp3) is 0.367. The molecule has 0 spiro atoms. The zero-order valence-electron chi connectivity index (χ0n) is 69.8. The van der Waals surface area contributed by atoms with Gasteiger partial charge in [0.25, 0.3) is 0 Å². The van der Waals surface area contributed by atoms with Crippen LogP contribution in [0, 0.1) is 63.9 Å². The summed E-state index contributed by atoms with van der Waals surface area (Å²) in [7, 11) is 0. The van der Waals surface area contributed by atoms with Crippen molar-refractivity contribution >= 4 is 139 Å². The average molecular weight is 2300 g/mol. The van der Waals surface area contributed by atoms with Crippen molar-refractivity contribution in [1.82, 2.24) is 0 Å². The van der Waals surface area contributed by atoms with Crippen LogP contribution in [0.5, 0.6) is 28.7 Å². The minimum absolute atomic E-state index is 0. The second-order valence-corrected chi connectivity index (χ2v) is 37.6. The van der Waals surface area contributed by atoms with E-state index in [1.165, 1.54) is 73.4 Å². The number of thiophene rings is 3. The summed E-state index contributed by atoms with van der Waals surface area (Å²) in [6, 6.07) is 49.2. The molecule has 5 radical (unpaired) electrons. The number of benzene rings is 6. The molecule has 6 atom stereocenters. The first-order chi connectivity index (χ1) is 58.4. The molecule has 4 heterocycles. The number of allylic oxidation sites excluding steroid dienone is 4. The maximum Gasteiger partial charge on any atom is 0.122 e. The third-order valence-electron chi connectivity index (χ3n) is 21.5. The number of thioether (sulfide) groups is 1. The number of rotatable bonds is 37. The Morgan fingerprint density at radius 2 is 0.832 bits per heavy atom. The summed E-state index contributed by atoms with van der Waals surface area (Å²) in [5.41, 5.74) is 11.6. The molecule has 3 N–H and O–H groups in total. The molecule has 5 aliphatic rings. The average Bonchev–Trinajstić information content (AvgIpc) is 1.70. The van der Waals surface area contributed by atoms with Crippen molar-refractivity contribution in [2.75, 3.05) is 38.8 Å². The van der Waals surface area contributed by atoms with E-state index >= 15 is 0 Å². The second kappa shape index (κ2) is 62.9. The summed E-state index contributed by atoms with van der Waals surface area (Å²) in [5, 5.41) is 44.7. The monoisotopic (exact) mass is 2290 g/mol. The molecule has 6 aromatic carbocycles. The van der Waals surface area contributed by atoms with Crippen LogP contribution in [-0.2, 0) is 202 Å². The molecule has 0 fully saturated rings. The number of aliphatic hydroxyl groups excluding tert-OH is 3. The fourth-order valence-electron chi connectivity index (χ4n) is 15.3. The summed E-state index contributed by atoms with van der Waals surface area (Å²) in [6.07, 6.45) is 37.1. The number of furan rings is 1. The third-order valence-corrected chi connectivity index (χ3v) is 26.8. The summed E-state index contributed by atoms with van der Waals surface area (Å²) in [6.45, 7) is 3.05. The molecule has 4 aromatic heterocycles. The molecule has 15 rings (SSSR count). The Balaban J connectivity index is 0.000000239. The predicted molar refractivity (Wildman–Crippen MR) is 496 cm³/mol. The summed E-state index contributed by atoms with van der Waals surface area (Å²) in [4.78, 5) is 0.801. The van der Waals surface area contributed by atoms with E-state index in [-0.39, 0.29) is 188 Å². The van der Waals surface area contributed by atoms with Crippen molar-refractivity contribution in [3.05, 3.63) is 323 Å². The van der Waals surface area contributed by atoms with E-state index in [0.717, 1.165) is 167 Å². The van der Waals surface area contributed by atoms with Gasteiger partial charge in [-0.15, -0.1) is 33.2 Å². The van der Waals surface area contributed by atoms with Crippen molar-refractivity contribution in [3.8, 4) is 28.7 Å². The molecular formula is C98H100Cl8FO9S4Y5-5. The van der Waals surface area contributed by atoms with Gasteiger partial charge in [0.1, 0.15) is 28.7 Å². The van der Waals surface area contributed by atoms with Crippen LogP contribution in [0.1, 0.15) is 148 Å². The van der Waals surface area contributed by atoms with Gasteiger partial charge in [-0.3, -0.25) is 27.1 Å². The maximum atomic E-state index is 13.4. The standard InChI is InChI=1S/C22H24ClO2.C20H22ClO2S.C19H18Cl2FOS.C19H19Cl2O3.C18H17Cl2OS2.5Y/c23-21-12-18(15-24)13-22(14-21)25-16-20-11-5-10-19(20)9-4-8-17-6-2-1-3-7-17;21-19-9-16(12-22)10-20(11-19)23-13-18-6-2-5-17(18)4-1-3-15-7-8-24-14-15;20-15-9-16(21)11-17(10-15)23-12-14-5-1-3-13(14)4-2-6-19-18(22)7-8-24-19;20-14-9-15(21)11-17(10-14)24-12-18-13(6-7-19(18)22)3-1-4-16-5-2-8-23-16;19-15-9-16(20)11-17(10-15)21-12-14-4-1-3-13(14)6-8-23-18-5-2-7-22-18;;;;;/h2-3,6-7,10,12-14,20,24H,4-5,8-9,11,15-16H2;5,7,9-11,14,18,22H,1-4,6,12-13H2;3,7,9-11,14H,1-2,4-6,12H2;2,5-6,9-11,18-19,22H,1,3-4,7,12H2;2-3,5,9-11,14H,1,4,6,8,12H2;;;;;/q5*-1;;;;;/t20-;18-;14-;18-,19-;14-;;;;;/m11111...../s1. The van der Waals surface area contributed by atoms with E-state index in [9.17, 15) is 19.7 Å². The van der Waals surface area contributed by atoms with E-state index < -0.39 is 6.10 Å². The van der Waals surface area contributed by atoms with Crippen molar-refractivity contribution in [2.24, 2.45) is 29.6 Å². The van der Waals surface area contributed by atoms with Crippen LogP contribution in [-0.4, -0.2) is 60.2 Å². The first-order valence-electron chi connectivity index (χ1n) is 40.9. The van der Waals surface area contributed by atoms with Gasteiger partial charge in [0.15, 0.2) is 0 Å². The van der Waals surface area contributed by atoms with Crippen molar-refractivity contribution in [1.29, 1.82) is 0 Å². The molecule has 0 bridgehead atoms. The smallest absolute Gasteiger partial charge is 0.122 e. The molecule has 0 aliphatic heterocycles. The zero-order valence-corrected chi connectivity index (χ0v) is 93.3. The molecule has 653 valence electrons. The number of ether oxygens (including phenoxy) is 5. The molecule has 0 unspecified atom stereocenters. The number of halogens is 9. The third kappa shape index (κ3) is 41.1. The molecule has 10 aromatic rings. The van der Waals surface area contributed by atoms with Crippen molar-refractivity contribution in [3.63, 3.8) is 0 Å². The Kier molecular flexibility index (Phi) is 57.0. The normalized spacial score (nSPS) is 17.0. The molecule has 0 amide bonds. The van der Waals surface area contributed by atoms with Crippen LogP contribution < -0.4 is 23.7 Å². The zero-order chi connectivity index (χ0) is 84.2. The van der Waals surface area contributed by atoms with Gasteiger partial charge >= 0.3 is 0 Å². The van der Waals surface area contributed by atoms with Crippen LogP contribution in [0.3, 0.4) is 0 Å². The van der Waals surface area contributed by atoms with Gasteiger partial charge in [-0.05, 0) is 216 Å². The quantitative estimate of drug-likeness (QED) is 0.0197. The van der Waals surface area contributed by atoms with Crippen LogP contribution in [0.4, 0.5) is 4.39 Å². The predicted octanol–water partition coefficient (Wildman–Crippen LogP) is 29.4. The Hall–Kier alpha value is -0.601. The molecular weight excluding hydrogens is 2200 g/mol. The van der Waals surface area contributed by atoms with Crippen LogP contribution in [0.15, 0.2) is 224 Å². The molecule has 9 nitrogen and oxygen atoms in total. The second-order valence-electron chi connectivity index (χ2n) is 30.2. The Morgan fingerprint density at radius 3 is 1.25 bits per heavy atom. The number of aliphatic hydroxyl groups is 3. The van der Waals surface area contributed by atoms with Gasteiger partial charge in [0.2, 0.25) is 0 Å². The van der Waals surface area contributed by atoms with Gasteiger partial charge in [-0.2, -0.15) is 82.9 Å². The Morgan fingerprint density at radius 1 is 0.408 bits per heavy atom. The molecule has 125 heavy (non-hydrogen) atoms. The van der Waals surface area contributed by atoms with Crippen LogP contribution in [0.25, 0.3) is 0 Å². The van der Waals surface area contributed by atoms with Crippen LogP contribution in [0.2, 0.25) is 40.2 Å². The molecule has 0 saturated heterocycles. The molecule has 27 heteroatoms. The maximum absolute atomic E-state index is 13.4. The van der Waals surface area contributed by atoms with Gasteiger partial charge in [-0.25, -0.2) is 0 Å². The fourth-order valence-corrected chi connectivity index (χ4v) is 20.4. The van der Waals surface area contributed by atoms with Crippen molar-refractivity contribution in [2.45, 2.75) is 165 Å². The summed E-state index contributed by atoms with van der Waals surface area (Å²) in [5.74, 6) is 7.39. The van der Waals surface area contributed by atoms with E-state index in [4.69, 9.17) is 121 Å². The van der Waals surface area contributed by atoms with E-state index in [0.29, 0.717) is 115 Å². The Labute approximate surface area is 921 Å². The largest absolute Gasteiger partial charge is 0.596 e. The van der Waals surface area contributed by atoms with Gasteiger partial charge in [0, 0.05) is 233 Å². The molecule has 0 saturated carbocycles. The van der Waals surface area contributed by atoms with E-state index in [1.54, 1.807) is 83.3 Å². The topological polar surface area (TPSA) is 120 Å². The van der Waals surface area contributed by atoms with Crippen LogP contribution >= 0.6 is 139 Å². The van der Waals surface area contributed by atoms with Gasteiger partial charge in [0.05, 0.1) is 52.4 Å². The SMILES string of the molecule is Clc1cc(Cl)cc(OC[C@H]2CCC=C2CCSc2cc[c-]s2)c1.Fc1c[c-]sc1CCCC1=CCC[C@@H]1COc1cc(Cl)cc(Cl)c1.OCc1cc(Cl)cc(OC[C@H]2CCC=C2CCCc2c[c-]sc2)c1.OCc1cc(Cl)cc(OC[C@H]2CCC=C2CCCc2cc[c-]cc2)c1.O[C@@H]1CC=C(CCCc2cc[c-]o2)[C@H]1COc1cc(Cl)cc(Cl)c1.[Y].[Y].[Y].[Y].[Y].